The lowest BCUT2D eigenvalue weighted by molar-refractivity contribution is 0.213. The van der Waals surface area contributed by atoms with Crippen molar-refractivity contribution in [2.45, 2.75) is 38.1 Å². The molecular weight excluding hydrogens is 228 g/mol. The van der Waals surface area contributed by atoms with Gasteiger partial charge in [-0.1, -0.05) is 12.8 Å². The molecule has 0 aromatic carbocycles. The van der Waals surface area contributed by atoms with Crippen LogP contribution in [0.3, 0.4) is 0 Å². The van der Waals surface area contributed by atoms with Crippen molar-refractivity contribution in [3.05, 3.63) is 23.9 Å². The molecule has 2 aromatic rings. The quantitative estimate of drug-likeness (QED) is 0.866. The van der Waals surface area contributed by atoms with E-state index in [2.05, 4.69) is 15.4 Å². The van der Waals surface area contributed by atoms with E-state index in [1.807, 2.05) is 25.3 Å². The Morgan fingerprint density at radius 2 is 2.22 bits per heavy atom. The zero-order valence-electron chi connectivity index (χ0n) is 10.6. The Hall–Kier alpha value is -1.62. The second-order valence-corrected chi connectivity index (χ2v) is 5.21. The van der Waals surface area contributed by atoms with E-state index in [4.69, 9.17) is 0 Å². The number of aromatic nitrogens is 3. The summed E-state index contributed by atoms with van der Waals surface area (Å²) < 4.78 is 1.76. The summed E-state index contributed by atoms with van der Waals surface area (Å²) in [6.45, 7) is 2.18. The highest BCUT2D eigenvalue weighted by Gasteiger charge is 2.34. The molecule has 18 heavy (non-hydrogen) atoms. The molecule has 1 aliphatic rings. The van der Waals surface area contributed by atoms with E-state index in [1.165, 1.54) is 5.56 Å². The maximum atomic E-state index is 9.57. The van der Waals surface area contributed by atoms with Crippen LogP contribution < -0.4 is 5.32 Å². The lowest BCUT2D eigenvalue weighted by Crippen LogP contribution is -2.39. The van der Waals surface area contributed by atoms with Crippen molar-refractivity contribution < 1.29 is 5.11 Å². The molecule has 1 fully saturated rings. The first-order valence-electron chi connectivity index (χ1n) is 6.43. The molecule has 0 spiro atoms. The van der Waals surface area contributed by atoms with E-state index in [9.17, 15) is 5.11 Å². The fourth-order valence-corrected chi connectivity index (χ4v) is 2.65. The first kappa shape index (κ1) is 11.5. The number of pyridine rings is 1. The number of rotatable bonds is 3. The number of aliphatic hydroxyl groups excluding tert-OH is 1. The molecule has 2 heterocycles. The topological polar surface area (TPSA) is 62.5 Å². The number of hydrogen-bond acceptors (Lipinski definition) is 4. The standard InChI is InChI=1S/C13H18N4O/c1-10-4-7-17-11(8-10)14-12(16-17)15-13(9-18)5-2-3-6-13/h4,7-8,18H,2-3,5-6,9H2,1H3,(H,15,16). The van der Waals surface area contributed by atoms with Gasteiger partial charge in [-0.05, 0) is 37.5 Å². The number of fused-ring (bicyclic) bond motifs is 1. The van der Waals surface area contributed by atoms with Gasteiger partial charge in [-0.15, -0.1) is 5.10 Å². The van der Waals surface area contributed by atoms with Crippen molar-refractivity contribution in [3.8, 4) is 0 Å². The number of hydrogen-bond donors (Lipinski definition) is 2. The molecule has 0 unspecified atom stereocenters. The fourth-order valence-electron chi connectivity index (χ4n) is 2.65. The largest absolute Gasteiger partial charge is 0.394 e. The van der Waals surface area contributed by atoms with Gasteiger partial charge in [0.25, 0.3) is 0 Å². The Kier molecular flexibility index (Phi) is 2.70. The van der Waals surface area contributed by atoms with Crippen LogP contribution in [0.15, 0.2) is 18.3 Å². The van der Waals surface area contributed by atoms with E-state index >= 15 is 0 Å². The molecule has 3 rings (SSSR count). The molecule has 5 nitrogen and oxygen atoms in total. The summed E-state index contributed by atoms with van der Waals surface area (Å²) in [5.41, 5.74) is 1.78. The van der Waals surface area contributed by atoms with Crippen molar-refractivity contribution >= 4 is 11.6 Å². The SMILES string of the molecule is Cc1ccn2nc(NC3(CO)CCCC3)nc2c1. The zero-order valence-corrected chi connectivity index (χ0v) is 10.6. The molecule has 0 amide bonds. The molecule has 2 N–H and O–H groups in total. The Morgan fingerprint density at radius 3 is 2.94 bits per heavy atom. The zero-order chi connectivity index (χ0) is 12.6. The minimum atomic E-state index is -0.222. The molecule has 0 saturated heterocycles. The van der Waals surface area contributed by atoms with Crippen LogP contribution in [0.1, 0.15) is 31.2 Å². The number of aliphatic hydroxyl groups is 1. The molecule has 2 aromatic heterocycles. The van der Waals surface area contributed by atoms with Crippen LogP contribution >= 0.6 is 0 Å². The van der Waals surface area contributed by atoms with E-state index in [1.54, 1.807) is 4.52 Å². The predicted octanol–water partition coefficient (Wildman–Crippen LogP) is 1.75. The second-order valence-electron chi connectivity index (χ2n) is 5.21. The third-order valence-electron chi connectivity index (χ3n) is 3.73. The van der Waals surface area contributed by atoms with Gasteiger partial charge >= 0.3 is 0 Å². The van der Waals surface area contributed by atoms with Gasteiger partial charge in [0.05, 0.1) is 12.1 Å². The molecule has 0 aliphatic heterocycles. The summed E-state index contributed by atoms with van der Waals surface area (Å²) in [6, 6.07) is 4.00. The summed E-state index contributed by atoms with van der Waals surface area (Å²) in [7, 11) is 0. The number of nitrogens with zero attached hydrogens (tertiary/aromatic N) is 3. The highest BCUT2D eigenvalue weighted by Crippen LogP contribution is 2.31. The van der Waals surface area contributed by atoms with Crippen molar-refractivity contribution in [2.75, 3.05) is 11.9 Å². The van der Waals surface area contributed by atoms with E-state index in [-0.39, 0.29) is 12.1 Å². The lowest BCUT2D eigenvalue weighted by Gasteiger charge is -2.26. The molecule has 0 bridgehead atoms. The highest BCUT2D eigenvalue weighted by atomic mass is 16.3. The smallest absolute Gasteiger partial charge is 0.243 e. The van der Waals surface area contributed by atoms with Crippen LogP contribution in [0.5, 0.6) is 0 Å². The fraction of sp³-hybridized carbons (Fsp3) is 0.538. The molecule has 1 aliphatic carbocycles. The van der Waals surface area contributed by atoms with E-state index in [0.29, 0.717) is 5.95 Å². The van der Waals surface area contributed by atoms with E-state index in [0.717, 1.165) is 31.3 Å². The van der Waals surface area contributed by atoms with Gasteiger partial charge in [0, 0.05) is 6.20 Å². The summed E-state index contributed by atoms with van der Waals surface area (Å²) >= 11 is 0. The van der Waals surface area contributed by atoms with Crippen molar-refractivity contribution in [2.24, 2.45) is 0 Å². The minimum Gasteiger partial charge on any atom is -0.394 e. The van der Waals surface area contributed by atoms with Crippen molar-refractivity contribution in [1.82, 2.24) is 14.6 Å². The van der Waals surface area contributed by atoms with Crippen LogP contribution in [0.25, 0.3) is 5.65 Å². The Morgan fingerprint density at radius 1 is 1.44 bits per heavy atom. The average molecular weight is 246 g/mol. The molecular formula is C13H18N4O. The first-order valence-corrected chi connectivity index (χ1v) is 6.43. The summed E-state index contributed by atoms with van der Waals surface area (Å²) in [6.07, 6.45) is 6.18. The first-order chi connectivity index (χ1) is 8.71. The molecule has 1 saturated carbocycles. The Balaban J connectivity index is 1.90. The van der Waals surface area contributed by atoms with Gasteiger partial charge in [0.1, 0.15) is 0 Å². The van der Waals surface area contributed by atoms with Gasteiger partial charge in [-0.25, -0.2) is 4.52 Å². The minimum absolute atomic E-state index is 0.140. The summed E-state index contributed by atoms with van der Waals surface area (Å²) in [4.78, 5) is 4.46. The maximum absolute atomic E-state index is 9.57. The molecule has 5 heteroatoms. The third kappa shape index (κ3) is 1.95. The number of nitrogens with one attached hydrogen (secondary N) is 1. The van der Waals surface area contributed by atoms with Crippen LogP contribution in [-0.2, 0) is 0 Å². The summed E-state index contributed by atoms with van der Waals surface area (Å²) in [5, 5.41) is 17.3. The molecule has 0 radical (unpaired) electrons. The predicted molar refractivity (Wildman–Crippen MR) is 69.6 cm³/mol. The number of anilines is 1. The maximum Gasteiger partial charge on any atom is 0.243 e. The average Bonchev–Trinajstić information content (AvgIpc) is 2.96. The third-order valence-corrected chi connectivity index (χ3v) is 3.73. The lowest BCUT2D eigenvalue weighted by atomic mass is 9.99. The van der Waals surface area contributed by atoms with Gasteiger partial charge in [0.2, 0.25) is 5.95 Å². The van der Waals surface area contributed by atoms with Gasteiger partial charge in [0.15, 0.2) is 5.65 Å². The highest BCUT2D eigenvalue weighted by molar-refractivity contribution is 5.46. The van der Waals surface area contributed by atoms with Crippen LogP contribution in [0, 0.1) is 6.92 Å². The normalized spacial score (nSPS) is 18.3. The monoisotopic (exact) mass is 246 g/mol. The van der Waals surface area contributed by atoms with Crippen LogP contribution in [-0.4, -0.2) is 31.9 Å². The van der Waals surface area contributed by atoms with Crippen molar-refractivity contribution in [1.29, 1.82) is 0 Å². The number of aryl methyl sites for hydroxylation is 1. The van der Waals surface area contributed by atoms with Gasteiger partial charge < -0.3 is 10.4 Å². The van der Waals surface area contributed by atoms with Gasteiger partial charge in [-0.2, -0.15) is 4.98 Å². The summed E-state index contributed by atoms with van der Waals surface area (Å²) in [5.74, 6) is 0.608. The Labute approximate surface area is 106 Å². The molecule has 96 valence electrons. The van der Waals surface area contributed by atoms with Crippen LogP contribution in [0.2, 0.25) is 0 Å². The Bertz CT molecular complexity index is 557. The van der Waals surface area contributed by atoms with E-state index < -0.39 is 0 Å². The second kappa shape index (κ2) is 4.24. The van der Waals surface area contributed by atoms with Crippen molar-refractivity contribution in [3.63, 3.8) is 0 Å². The van der Waals surface area contributed by atoms with Gasteiger partial charge in [-0.3, -0.25) is 0 Å². The molecule has 0 atom stereocenters. The van der Waals surface area contributed by atoms with Crippen LogP contribution in [0.4, 0.5) is 5.95 Å².